The van der Waals surface area contributed by atoms with E-state index >= 15 is 0 Å². The third kappa shape index (κ3) is 3.09. The number of hydrogen-bond acceptors (Lipinski definition) is 2. The number of rotatable bonds is 3. The Bertz CT molecular complexity index is 670. The van der Waals surface area contributed by atoms with Crippen LogP contribution in [0.2, 0.25) is 0 Å². The van der Waals surface area contributed by atoms with Crippen molar-refractivity contribution in [1.82, 2.24) is 0 Å². The molecule has 19 heavy (non-hydrogen) atoms. The van der Waals surface area contributed by atoms with E-state index in [0.29, 0.717) is 12.0 Å². The second kappa shape index (κ2) is 6.19. The fraction of sp³-hybridized carbons (Fsp3) is 0.0588. The lowest BCUT2D eigenvalue weighted by Gasteiger charge is -2.08. The molecule has 0 saturated heterocycles. The first-order chi connectivity index (χ1) is 9.35. The minimum Gasteiger partial charge on any atom is -0.193 e. The zero-order valence-electron chi connectivity index (χ0n) is 10.4. The van der Waals surface area contributed by atoms with E-state index in [-0.39, 0.29) is 0 Å². The van der Waals surface area contributed by atoms with Crippen LogP contribution in [0.15, 0.2) is 60.7 Å². The lowest BCUT2D eigenvalue weighted by atomic mass is 9.95. The van der Waals surface area contributed by atoms with Crippen LogP contribution in [0.5, 0.6) is 0 Å². The van der Waals surface area contributed by atoms with E-state index in [0.717, 1.165) is 16.7 Å². The normalized spacial score (nSPS) is 10.5. The zero-order chi connectivity index (χ0) is 13.5. The molecule has 0 saturated carbocycles. The second-order valence-electron chi connectivity index (χ2n) is 4.11. The van der Waals surface area contributed by atoms with Gasteiger partial charge in [0, 0.05) is 12.5 Å². The minimum atomic E-state index is 0.585. The number of nitrogens with zero attached hydrogens (tertiary/aromatic N) is 2. The van der Waals surface area contributed by atoms with Gasteiger partial charge in [-0.1, -0.05) is 48.5 Å². The van der Waals surface area contributed by atoms with E-state index in [1.165, 1.54) is 0 Å². The topological polar surface area (TPSA) is 47.6 Å². The number of hydrogen-bond donors (Lipinski definition) is 0. The van der Waals surface area contributed by atoms with Crippen molar-refractivity contribution in [3.63, 3.8) is 0 Å². The van der Waals surface area contributed by atoms with Gasteiger partial charge in [0.15, 0.2) is 0 Å². The summed E-state index contributed by atoms with van der Waals surface area (Å²) < 4.78 is 0. The van der Waals surface area contributed by atoms with E-state index in [1.54, 1.807) is 12.1 Å². The Morgan fingerprint density at radius 1 is 0.947 bits per heavy atom. The quantitative estimate of drug-likeness (QED) is 0.773. The predicted molar refractivity (Wildman–Crippen MR) is 74.9 cm³/mol. The Hall–Kier alpha value is -2.84. The number of allylic oxidation sites excluding steroid dienone is 2. The molecule has 0 amide bonds. The highest BCUT2D eigenvalue weighted by atomic mass is 14.2. The Morgan fingerprint density at radius 2 is 1.63 bits per heavy atom. The molecule has 0 atom stereocenters. The standard InChI is InChI=1S/C17H12N2/c18-11-10-16(14-6-2-1-3-7-14)12-15-8-4-5-9-17(15)13-19/h1-10H,12H2/b16-10+. The van der Waals surface area contributed by atoms with Crippen molar-refractivity contribution < 1.29 is 0 Å². The van der Waals surface area contributed by atoms with Gasteiger partial charge in [-0.05, 0) is 22.8 Å². The fourth-order valence-electron chi connectivity index (χ4n) is 1.96. The van der Waals surface area contributed by atoms with Crippen molar-refractivity contribution in [3.8, 4) is 12.1 Å². The molecule has 2 aromatic carbocycles. The zero-order valence-corrected chi connectivity index (χ0v) is 10.4. The van der Waals surface area contributed by atoms with Crippen molar-refractivity contribution in [1.29, 1.82) is 10.5 Å². The molecule has 0 aliphatic rings. The van der Waals surface area contributed by atoms with Crippen LogP contribution in [0.25, 0.3) is 5.57 Å². The highest BCUT2D eigenvalue weighted by Crippen LogP contribution is 2.21. The number of nitriles is 2. The smallest absolute Gasteiger partial charge is 0.0994 e. The molecule has 2 nitrogen and oxygen atoms in total. The molecule has 0 unspecified atom stereocenters. The highest BCUT2D eigenvalue weighted by molar-refractivity contribution is 5.70. The summed E-state index contributed by atoms with van der Waals surface area (Å²) in [5, 5.41) is 18.0. The lowest BCUT2D eigenvalue weighted by Crippen LogP contribution is -1.94. The Kier molecular flexibility index (Phi) is 4.11. The summed E-state index contributed by atoms with van der Waals surface area (Å²) in [5.41, 5.74) is 3.53. The molecule has 0 aliphatic carbocycles. The van der Waals surface area contributed by atoms with E-state index in [2.05, 4.69) is 12.1 Å². The first kappa shape index (κ1) is 12.6. The Labute approximate surface area is 112 Å². The molecule has 0 N–H and O–H groups in total. The molecule has 2 heteroatoms. The summed E-state index contributed by atoms with van der Waals surface area (Å²) in [6.45, 7) is 0. The summed E-state index contributed by atoms with van der Waals surface area (Å²) in [6.07, 6.45) is 2.13. The van der Waals surface area contributed by atoms with Crippen molar-refractivity contribution in [2.24, 2.45) is 0 Å². The van der Waals surface area contributed by atoms with Gasteiger partial charge in [0.25, 0.3) is 0 Å². The maximum absolute atomic E-state index is 9.10. The molecule has 0 heterocycles. The fourth-order valence-corrected chi connectivity index (χ4v) is 1.96. The maximum Gasteiger partial charge on any atom is 0.0994 e. The van der Waals surface area contributed by atoms with Gasteiger partial charge < -0.3 is 0 Å². The van der Waals surface area contributed by atoms with Crippen molar-refractivity contribution in [2.75, 3.05) is 0 Å². The Morgan fingerprint density at radius 3 is 2.32 bits per heavy atom. The van der Waals surface area contributed by atoms with Gasteiger partial charge >= 0.3 is 0 Å². The van der Waals surface area contributed by atoms with Crippen LogP contribution in [-0.2, 0) is 6.42 Å². The predicted octanol–water partition coefficient (Wildman–Crippen LogP) is 3.71. The van der Waals surface area contributed by atoms with Crippen LogP contribution >= 0.6 is 0 Å². The van der Waals surface area contributed by atoms with Crippen LogP contribution in [0.4, 0.5) is 0 Å². The van der Waals surface area contributed by atoms with Crippen LogP contribution in [0.3, 0.4) is 0 Å². The van der Waals surface area contributed by atoms with Gasteiger partial charge in [-0.15, -0.1) is 0 Å². The molecule has 0 spiro atoms. The largest absolute Gasteiger partial charge is 0.193 e. The third-order valence-electron chi connectivity index (χ3n) is 2.90. The third-order valence-corrected chi connectivity index (χ3v) is 2.90. The molecule has 0 aromatic heterocycles. The van der Waals surface area contributed by atoms with Crippen LogP contribution in [0, 0.1) is 22.7 Å². The van der Waals surface area contributed by atoms with Crippen molar-refractivity contribution in [2.45, 2.75) is 6.42 Å². The first-order valence-electron chi connectivity index (χ1n) is 5.97. The van der Waals surface area contributed by atoms with Crippen LogP contribution < -0.4 is 0 Å². The minimum absolute atomic E-state index is 0.585. The van der Waals surface area contributed by atoms with Crippen LogP contribution in [-0.4, -0.2) is 0 Å². The van der Waals surface area contributed by atoms with Gasteiger partial charge in [0.05, 0.1) is 17.7 Å². The summed E-state index contributed by atoms with van der Waals surface area (Å²) in [4.78, 5) is 0. The van der Waals surface area contributed by atoms with E-state index in [4.69, 9.17) is 10.5 Å². The van der Waals surface area contributed by atoms with Gasteiger partial charge in [-0.25, -0.2) is 0 Å². The summed E-state index contributed by atoms with van der Waals surface area (Å²) in [7, 11) is 0. The summed E-state index contributed by atoms with van der Waals surface area (Å²) in [5.74, 6) is 0. The highest BCUT2D eigenvalue weighted by Gasteiger charge is 2.06. The molecule has 0 bridgehead atoms. The Balaban J connectivity index is 2.37. The van der Waals surface area contributed by atoms with Crippen molar-refractivity contribution in [3.05, 3.63) is 77.4 Å². The summed E-state index contributed by atoms with van der Waals surface area (Å²) in [6, 6.07) is 21.5. The molecule has 90 valence electrons. The van der Waals surface area contributed by atoms with Crippen molar-refractivity contribution >= 4 is 5.57 Å². The van der Waals surface area contributed by atoms with E-state index in [9.17, 15) is 0 Å². The van der Waals surface area contributed by atoms with Gasteiger partial charge in [-0.3, -0.25) is 0 Å². The van der Waals surface area contributed by atoms with Gasteiger partial charge in [0.2, 0.25) is 0 Å². The van der Waals surface area contributed by atoms with E-state index in [1.807, 2.05) is 48.5 Å². The lowest BCUT2D eigenvalue weighted by molar-refractivity contribution is 1.25. The number of benzene rings is 2. The second-order valence-corrected chi connectivity index (χ2v) is 4.11. The first-order valence-corrected chi connectivity index (χ1v) is 5.97. The molecular weight excluding hydrogens is 232 g/mol. The molecule has 0 radical (unpaired) electrons. The van der Waals surface area contributed by atoms with E-state index < -0.39 is 0 Å². The average Bonchev–Trinajstić information content (AvgIpc) is 2.48. The SMILES string of the molecule is N#C/C=C(\Cc1ccccc1C#N)c1ccccc1. The molecule has 0 fully saturated rings. The summed E-state index contributed by atoms with van der Waals surface area (Å²) >= 11 is 0. The molecule has 2 aromatic rings. The maximum atomic E-state index is 9.10. The van der Waals surface area contributed by atoms with Gasteiger partial charge in [0.1, 0.15) is 0 Å². The van der Waals surface area contributed by atoms with Crippen LogP contribution in [0.1, 0.15) is 16.7 Å². The van der Waals surface area contributed by atoms with Gasteiger partial charge in [-0.2, -0.15) is 10.5 Å². The molecule has 0 aliphatic heterocycles. The monoisotopic (exact) mass is 244 g/mol. The average molecular weight is 244 g/mol. The molecule has 2 rings (SSSR count). The molecular formula is C17H12N2.